The van der Waals surface area contributed by atoms with E-state index in [9.17, 15) is 0 Å². The van der Waals surface area contributed by atoms with E-state index in [0.29, 0.717) is 17.8 Å². The molecule has 1 aliphatic carbocycles. The monoisotopic (exact) mass is 192 g/mol. The fourth-order valence-corrected chi connectivity index (χ4v) is 2.42. The fourth-order valence-electron chi connectivity index (χ4n) is 2.42. The first-order chi connectivity index (χ1) is 6.45. The third-order valence-electron chi connectivity index (χ3n) is 3.10. The van der Waals surface area contributed by atoms with Gasteiger partial charge in [-0.2, -0.15) is 0 Å². The van der Waals surface area contributed by atoms with Crippen LogP contribution < -0.4 is 0 Å². The van der Waals surface area contributed by atoms with Crippen molar-refractivity contribution in [2.24, 2.45) is 17.8 Å². The van der Waals surface area contributed by atoms with Crippen LogP contribution in [0, 0.1) is 17.8 Å². The molecule has 0 unspecified atom stereocenters. The van der Waals surface area contributed by atoms with Crippen LogP contribution in [0.2, 0.25) is 0 Å². The maximum atomic E-state index is 2.44. The SMILES string of the molecule is CC(C)C1=CCC(C(C)C)=C1C(C)C. The van der Waals surface area contributed by atoms with Crippen LogP contribution in [-0.2, 0) is 0 Å². The van der Waals surface area contributed by atoms with Crippen molar-refractivity contribution in [3.05, 3.63) is 22.8 Å². The summed E-state index contributed by atoms with van der Waals surface area (Å²) < 4.78 is 0. The lowest BCUT2D eigenvalue weighted by Crippen LogP contribution is -2.05. The van der Waals surface area contributed by atoms with Crippen molar-refractivity contribution in [2.45, 2.75) is 48.0 Å². The molecule has 0 aromatic carbocycles. The van der Waals surface area contributed by atoms with E-state index in [1.54, 1.807) is 16.7 Å². The zero-order chi connectivity index (χ0) is 10.9. The van der Waals surface area contributed by atoms with Crippen LogP contribution in [0.15, 0.2) is 22.8 Å². The number of rotatable bonds is 3. The maximum absolute atomic E-state index is 2.44. The van der Waals surface area contributed by atoms with Crippen LogP contribution >= 0.6 is 0 Å². The largest absolute Gasteiger partial charge is 0.0767 e. The van der Waals surface area contributed by atoms with E-state index in [2.05, 4.69) is 47.6 Å². The molecule has 0 N–H and O–H groups in total. The molecular weight excluding hydrogens is 168 g/mol. The minimum absolute atomic E-state index is 0.684. The second kappa shape index (κ2) is 4.33. The molecule has 0 nitrogen and oxygen atoms in total. The van der Waals surface area contributed by atoms with E-state index in [1.807, 2.05) is 0 Å². The molecular formula is C14H24. The Hall–Kier alpha value is -0.520. The lowest BCUT2D eigenvalue weighted by molar-refractivity contribution is 0.671. The lowest BCUT2D eigenvalue weighted by Gasteiger charge is -2.19. The van der Waals surface area contributed by atoms with Gasteiger partial charge in [0.25, 0.3) is 0 Å². The summed E-state index contributed by atoms with van der Waals surface area (Å²) in [5, 5.41) is 0. The molecule has 1 rings (SSSR count). The Balaban J connectivity index is 3.04. The van der Waals surface area contributed by atoms with E-state index in [4.69, 9.17) is 0 Å². The number of allylic oxidation sites excluding steroid dienone is 4. The van der Waals surface area contributed by atoms with Gasteiger partial charge in [-0.15, -0.1) is 0 Å². The van der Waals surface area contributed by atoms with Crippen LogP contribution in [-0.4, -0.2) is 0 Å². The van der Waals surface area contributed by atoms with Gasteiger partial charge >= 0.3 is 0 Å². The first-order valence-electron chi connectivity index (χ1n) is 5.88. The van der Waals surface area contributed by atoms with E-state index < -0.39 is 0 Å². The van der Waals surface area contributed by atoms with Crippen LogP contribution in [0.25, 0.3) is 0 Å². The van der Waals surface area contributed by atoms with Crippen molar-refractivity contribution < 1.29 is 0 Å². The van der Waals surface area contributed by atoms with Crippen molar-refractivity contribution >= 4 is 0 Å². The first-order valence-corrected chi connectivity index (χ1v) is 5.88. The van der Waals surface area contributed by atoms with Crippen LogP contribution in [0.1, 0.15) is 48.0 Å². The van der Waals surface area contributed by atoms with Crippen LogP contribution in [0.3, 0.4) is 0 Å². The molecule has 0 saturated carbocycles. The van der Waals surface area contributed by atoms with Gasteiger partial charge in [0.2, 0.25) is 0 Å². The Morgan fingerprint density at radius 3 is 1.79 bits per heavy atom. The van der Waals surface area contributed by atoms with Crippen molar-refractivity contribution in [1.82, 2.24) is 0 Å². The molecule has 0 aliphatic heterocycles. The smallest absolute Gasteiger partial charge is 0.0124 e. The van der Waals surface area contributed by atoms with Gasteiger partial charge in [0.1, 0.15) is 0 Å². The summed E-state index contributed by atoms with van der Waals surface area (Å²) in [6, 6.07) is 0. The summed E-state index contributed by atoms with van der Waals surface area (Å²) >= 11 is 0. The molecule has 0 amide bonds. The van der Waals surface area contributed by atoms with Crippen molar-refractivity contribution in [3.63, 3.8) is 0 Å². The molecule has 0 heterocycles. The highest BCUT2D eigenvalue weighted by molar-refractivity contribution is 5.45. The van der Waals surface area contributed by atoms with Gasteiger partial charge in [-0.05, 0) is 35.3 Å². The summed E-state index contributed by atoms with van der Waals surface area (Å²) in [5.41, 5.74) is 4.92. The van der Waals surface area contributed by atoms with Gasteiger partial charge in [0, 0.05) is 0 Å². The quantitative estimate of drug-likeness (QED) is 0.614. The van der Waals surface area contributed by atoms with E-state index >= 15 is 0 Å². The van der Waals surface area contributed by atoms with Crippen molar-refractivity contribution in [1.29, 1.82) is 0 Å². The normalized spacial score (nSPS) is 17.6. The Morgan fingerprint density at radius 1 is 0.857 bits per heavy atom. The van der Waals surface area contributed by atoms with Gasteiger partial charge < -0.3 is 0 Å². The standard InChI is InChI=1S/C14H24/c1-9(2)12-7-8-13(10(3)4)14(12)11(5)6/h7,9-11H,8H2,1-6H3. The zero-order valence-corrected chi connectivity index (χ0v) is 10.5. The molecule has 14 heavy (non-hydrogen) atoms. The molecule has 0 radical (unpaired) electrons. The summed E-state index contributed by atoms with van der Waals surface area (Å²) in [4.78, 5) is 0. The number of hydrogen-bond donors (Lipinski definition) is 0. The minimum atomic E-state index is 0.684. The van der Waals surface area contributed by atoms with Crippen LogP contribution in [0.4, 0.5) is 0 Å². The maximum Gasteiger partial charge on any atom is -0.0124 e. The predicted molar refractivity (Wildman–Crippen MR) is 64.2 cm³/mol. The highest BCUT2D eigenvalue weighted by Gasteiger charge is 2.23. The minimum Gasteiger partial charge on any atom is -0.0767 e. The average molecular weight is 192 g/mol. The summed E-state index contributed by atoms with van der Waals surface area (Å²) in [6.45, 7) is 13.9. The second-order valence-corrected chi connectivity index (χ2v) is 5.27. The molecule has 0 heteroatoms. The molecule has 80 valence electrons. The van der Waals surface area contributed by atoms with Crippen LogP contribution in [0.5, 0.6) is 0 Å². The molecule has 0 saturated heterocycles. The topological polar surface area (TPSA) is 0 Å². The highest BCUT2D eigenvalue weighted by Crippen LogP contribution is 2.38. The highest BCUT2D eigenvalue weighted by atomic mass is 14.3. The first kappa shape index (κ1) is 11.6. The Bertz CT molecular complexity index is 262. The molecule has 1 aliphatic rings. The van der Waals surface area contributed by atoms with Gasteiger partial charge in [0.15, 0.2) is 0 Å². The van der Waals surface area contributed by atoms with Gasteiger partial charge in [-0.25, -0.2) is 0 Å². The summed E-state index contributed by atoms with van der Waals surface area (Å²) in [7, 11) is 0. The fraction of sp³-hybridized carbons (Fsp3) is 0.714. The number of hydrogen-bond acceptors (Lipinski definition) is 0. The van der Waals surface area contributed by atoms with Gasteiger partial charge in [-0.1, -0.05) is 53.2 Å². The van der Waals surface area contributed by atoms with Crippen molar-refractivity contribution in [3.8, 4) is 0 Å². The van der Waals surface area contributed by atoms with E-state index in [-0.39, 0.29) is 0 Å². The Kier molecular flexibility index (Phi) is 3.58. The van der Waals surface area contributed by atoms with E-state index in [0.717, 1.165) is 0 Å². The lowest BCUT2D eigenvalue weighted by atomic mass is 9.86. The zero-order valence-electron chi connectivity index (χ0n) is 10.5. The predicted octanol–water partition coefficient (Wildman–Crippen LogP) is 4.58. The van der Waals surface area contributed by atoms with E-state index in [1.165, 1.54) is 6.42 Å². The molecule has 0 fully saturated rings. The molecule has 0 bridgehead atoms. The molecule has 0 aromatic rings. The average Bonchev–Trinajstić information content (AvgIpc) is 2.46. The van der Waals surface area contributed by atoms with Crippen molar-refractivity contribution in [2.75, 3.05) is 0 Å². The summed E-state index contributed by atoms with van der Waals surface area (Å²) in [6.07, 6.45) is 3.63. The molecule has 0 atom stereocenters. The second-order valence-electron chi connectivity index (χ2n) is 5.27. The molecule has 0 spiro atoms. The van der Waals surface area contributed by atoms with Gasteiger partial charge in [-0.3, -0.25) is 0 Å². The van der Waals surface area contributed by atoms with Gasteiger partial charge in [0.05, 0.1) is 0 Å². The third-order valence-corrected chi connectivity index (χ3v) is 3.10. The molecule has 0 aromatic heterocycles. The Labute approximate surface area is 89.1 Å². The Morgan fingerprint density at radius 2 is 1.43 bits per heavy atom. The summed E-state index contributed by atoms with van der Waals surface area (Å²) in [5.74, 6) is 2.08. The third kappa shape index (κ3) is 2.10.